The summed E-state index contributed by atoms with van der Waals surface area (Å²) in [6, 6.07) is 19.7. The minimum atomic E-state index is -3.93. The molecule has 2 atom stereocenters. The van der Waals surface area contributed by atoms with Gasteiger partial charge < -0.3 is 0 Å². The molecule has 0 saturated carbocycles. The third-order valence-corrected chi connectivity index (χ3v) is 7.73. The summed E-state index contributed by atoms with van der Waals surface area (Å²) in [5.41, 5.74) is 1.75. The van der Waals surface area contributed by atoms with Gasteiger partial charge in [-0.1, -0.05) is 68.4 Å². The van der Waals surface area contributed by atoms with Crippen LogP contribution in [-0.2, 0) is 14.8 Å². The highest BCUT2D eigenvalue weighted by Crippen LogP contribution is 2.45. The maximum absolute atomic E-state index is 13.9. The molecule has 3 aromatic rings. The average Bonchev–Trinajstić information content (AvgIpc) is 3.07. The van der Waals surface area contributed by atoms with Gasteiger partial charge in [0.1, 0.15) is 12.2 Å². The minimum Gasteiger partial charge on any atom is -0.296 e. The molecular weight excluding hydrogens is 396 g/mol. The molecule has 2 aliphatic heterocycles. The van der Waals surface area contributed by atoms with E-state index in [9.17, 15) is 13.2 Å². The summed E-state index contributed by atoms with van der Waals surface area (Å²) in [6.07, 6.45) is 2.90. The Kier molecular flexibility index (Phi) is 4.31. The van der Waals surface area contributed by atoms with E-state index in [0.29, 0.717) is 0 Å². The van der Waals surface area contributed by atoms with Gasteiger partial charge in [0, 0.05) is 6.20 Å². The molecule has 5 rings (SSSR count). The van der Waals surface area contributed by atoms with Crippen molar-refractivity contribution < 1.29 is 13.2 Å². The van der Waals surface area contributed by atoms with Gasteiger partial charge in [-0.05, 0) is 46.0 Å². The molecule has 1 saturated heterocycles. The van der Waals surface area contributed by atoms with Crippen LogP contribution >= 0.6 is 0 Å². The molecule has 0 unspecified atom stereocenters. The highest BCUT2D eigenvalue weighted by atomic mass is 32.2. The van der Waals surface area contributed by atoms with Gasteiger partial charge in [-0.3, -0.25) is 9.69 Å². The Morgan fingerprint density at radius 3 is 2.37 bits per heavy atom. The van der Waals surface area contributed by atoms with E-state index in [1.807, 2.05) is 74.5 Å². The number of nitrogens with zero attached hydrogens (tertiary/aromatic N) is 2. The van der Waals surface area contributed by atoms with E-state index in [0.717, 1.165) is 21.9 Å². The summed E-state index contributed by atoms with van der Waals surface area (Å²) in [6.45, 7) is 3.78. The molecule has 152 valence electrons. The van der Waals surface area contributed by atoms with Crippen molar-refractivity contribution in [3.63, 3.8) is 0 Å². The number of amides is 1. The molecule has 1 amide bonds. The highest BCUT2D eigenvalue weighted by Gasteiger charge is 2.54. The number of benzene rings is 3. The molecule has 0 bridgehead atoms. The average molecular weight is 419 g/mol. The van der Waals surface area contributed by atoms with Crippen molar-refractivity contribution in [2.45, 2.75) is 31.0 Å². The Morgan fingerprint density at radius 2 is 1.60 bits per heavy atom. The van der Waals surface area contributed by atoms with Crippen molar-refractivity contribution in [1.82, 2.24) is 9.21 Å². The third kappa shape index (κ3) is 2.71. The van der Waals surface area contributed by atoms with Gasteiger partial charge >= 0.3 is 0 Å². The highest BCUT2D eigenvalue weighted by molar-refractivity contribution is 7.89. The number of hydrogen-bond donors (Lipinski definition) is 0. The Balaban J connectivity index is 1.71. The molecule has 0 N–H and O–H groups in total. The zero-order chi connectivity index (χ0) is 21.0. The first-order valence-corrected chi connectivity index (χ1v) is 11.5. The summed E-state index contributed by atoms with van der Waals surface area (Å²) in [5, 5.41) is 1.83. The Hall–Kier alpha value is -2.96. The molecule has 5 nitrogen and oxygen atoms in total. The summed E-state index contributed by atoms with van der Waals surface area (Å²) >= 11 is 0. The lowest BCUT2D eigenvalue weighted by molar-refractivity contribution is -0.128. The number of sulfonamides is 1. The van der Waals surface area contributed by atoms with Crippen LogP contribution in [0.25, 0.3) is 16.8 Å². The van der Waals surface area contributed by atoms with E-state index in [4.69, 9.17) is 0 Å². The number of hydrogen-bond acceptors (Lipinski definition) is 3. The minimum absolute atomic E-state index is 0.168. The number of carbonyl (C=O) groups excluding carboxylic acids is 1. The van der Waals surface area contributed by atoms with Crippen LogP contribution in [0.2, 0.25) is 0 Å². The van der Waals surface area contributed by atoms with Crippen molar-refractivity contribution in [1.29, 1.82) is 0 Å². The van der Waals surface area contributed by atoms with Crippen molar-refractivity contribution in [2.75, 3.05) is 0 Å². The second kappa shape index (κ2) is 6.79. The normalized spacial score (nSPS) is 21.3. The van der Waals surface area contributed by atoms with E-state index in [-0.39, 0.29) is 16.7 Å². The first-order valence-electron chi connectivity index (χ1n) is 10.0. The number of rotatable bonds is 3. The largest absolute Gasteiger partial charge is 0.296 e. The van der Waals surface area contributed by atoms with Crippen LogP contribution in [0, 0.1) is 5.92 Å². The van der Waals surface area contributed by atoms with Crippen molar-refractivity contribution >= 4 is 32.8 Å². The van der Waals surface area contributed by atoms with Gasteiger partial charge in [-0.2, -0.15) is 4.31 Å². The van der Waals surface area contributed by atoms with Crippen molar-refractivity contribution in [2.24, 2.45) is 5.92 Å². The molecule has 1 fully saturated rings. The maximum atomic E-state index is 13.9. The molecule has 6 heteroatoms. The van der Waals surface area contributed by atoms with Crippen LogP contribution in [-0.4, -0.2) is 29.6 Å². The second-order valence-electron chi connectivity index (χ2n) is 8.10. The molecule has 0 aliphatic carbocycles. The van der Waals surface area contributed by atoms with Gasteiger partial charge in [0.25, 0.3) is 0 Å². The summed E-state index contributed by atoms with van der Waals surface area (Å²) in [4.78, 5) is 15.0. The SMILES string of the molecule is CC(C)[C@H]1C(=O)N2C=Cc3ccccc3[C@H]2N1S(=O)(=O)c1ccc2ccccc2c1. The predicted molar refractivity (Wildman–Crippen MR) is 117 cm³/mol. The van der Waals surface area contributed by atoms with E-state index in [2.05, 4.69) is 0 Å². The van der Waals surface area contributed by atoms with Gasteiger partial charge in [0.05, 0.1) is 4.90 Å². The fourth-order valence-corrected chi connectivity index (χ4v) is 6.34. The third-order valence-electron chi connectivity index (χ3n) is 5.90. The van der Waals surface area contributed by atoms with E-state index in [1.165, 1.54) is 4.31 Å². The van der Waals surface area contributed by atoms with Gasteiger partial charge in [0.2, 0.25) is 15.9 Å². The molecular formula is C24H22N2O3S. The molecule has 0 spiro atoms. The molecule has 0 radical (unpaired) electrons. The summed E-state index contributed by atoms with van der Waals surface area (Å²) in [7, 11) is -3.93. The van der Waals surface area contributed by atoms with Crippen LogP contribution in [0.15, 0.2) is 77.8 Å². The van der Waals surface area contributed by atoms with Gasteiger partial charge in [-0.25, -0.2) is 8.42 Å². The van der Waals surface area contributed by atoms with E-state index in [1.54, 1.807) is 23.2 Å². The monoisotopic (exact) mass is 418 g/mol. The van der Waals surface area contributed by atoms with Crippen LogP contribution < -0.4 is 0 Å². The Morgan fingerprint density at radius 1 is 0.900 bits per heavy atom. The lowest BCUT2D eigenvalue weighted by atomic mass is 10.0. The lowest BCUT2D eigenvalue weighted by Gasteiger charge is -2.33. The van der Waals surface area contributed by atoms with E-state index >= 15 is 0 Å². The summed E-state index contributed by atoms with van der Waals surface area (Å²) < 4.78 is 29.3. The smallest absolute Gasteiger partial charge is 0.246 e. The summed E-state index contributed by atoms with van der Waals surface area (Å²) in [5.74, 6) is -0.357. The molecule has 2 heterocycles. The first-order chi connectivity index (χ1) is 14.4. The zero-order valence-corrected chi connectivity index (χ0v) is 17.6. The predicted octanol–water partition coefficient (Wildman–Crippen LogP) is 4.38. The van der Waals surface area contributed by atoms with E-state index < -0.39 is 22.2 Å². The van der Waals surface area contributed by atoms with Crippen LogP contribution in [0.3, 0.4) is 0 Å². The number of carbonyl (C=O) groups is 1. The van der Waals surface area contributed by atoms with Crippen LogP contribution in [0.4, 0.5) is 0 Å². The molecule has 2 aliphatic rings. The molecule has 3 aromatic carbocycles. The fourth-order valence-electron chi connectivity index (χ4n) is 4.47. The molecule has 30 heavy (non-hydrogen) atoms. The zero-order valence-electron chi connectivity index (χ0n) is 16.8. The van der Waals surface area contributed by atoms with Crippen LogP contribution in [0.1, 0.15) is 31.1 Å². The quantitative estimate of drug-likeness (QED) is 0.634. The Labute approximate surface area is 176 Å². The lowest BCUT2D eigenvalue weighted by Crippen LogP contribution is -2.42. The first kappa shape index (κ1) is 19.0. The van der Waals surface area contributed by atoms with Crippen molar-refractivity contribution in [3.05, 3.63) is 84.1 Å². The fraction of sp³-hybridized carbons (Fsp3) is 0.208. The Bertz CT molecular complexity index is 1300. The molecule has 0 aromatic heterocycles. The maximum Gasteiger partial charge on any atom is 0.246 e. The topological polar surface area (TPSA) is 57.7 Å². The van der Waals surface area contributed by atoms with Gasteiger partial charge in [-0.15, -0.1) is 0 Å². The van der Waals surface area contributed by atoms with Crippen molar-refractivity contribution in [3.8, 4) is 0 Å². The second-order valence-corrected chi connectivity index (χ2v) is 9.94. The van der Waals surface area contributed by atoms with Crippen LogP contribution in [0.5, 0.6) is 0 Å². The standard InChI is InChI=1S/C24H22N2O3S/c1-16(2)22-24(27)25-14-13-18-8-5-6-10-21(18)23(25)26(22)30(28,29)20-12-11-17-7-3-4-9-19(17)15-20/h3-16,22-23H,1-2H3/t22-,23+/m0/s1. The number of fused-ring (bicyclic) bond motifs is 4. The van der Waals surface area contributed by atoms with Gasteiger partial charge in [0.15, 0.2) is 0 Å².